The highest BCUT2D eigenvalue weighted by molar-refractivity contribution is 6.97. The van der Waals surface area contributed by atoms with Crippen LogP contribution in [0.1, 0.15) is 158 Å². The van der Waals surface area contributed by atoms with Crippen molar-refractivity contribution in [3.63, 3.8) is 0 Å². The summed E-state index contributed by atoms with van der Waals surface area (Å²) in [5, 5.41) is 18.6. The molecule has 20 rings (SSSR count). The quantitative estimate of drug-likeness (QED) is 0.0957. The largest absolute Gasteiger partial charge is 0.266 e. The smallest absolute Gasteiger partial charge is 0.261 e. The molecule has 3 nitrogen and oxygen atoms in total. The summed E-state index contributed by atoms with van der Waals surface area (Å²) in [6.07, 6.45) is 0. The maximum atomic E-state index is 5.41. The first-order valence-electron chi connectivity index (χ1n) is 46.2. The number of aromatic nitrogens is 3. The van der Waals surface area contributed by atoms with Crippen LogP contribution in [0.4, 0.5) is 0 Å². The predicted octanol–water partition coefficient (Wildman–Crippen LogP) is 26.3. The van der Waals surface area contributed by atoms with E-state index in [1.54, 1.807) is 0 Å². The third kappa shape index (κ3) is 17.6. The maximum Gasteiger partial charge on any atom is 0.266 e. The van der Waals surface area contributed by atoms with Gasteiger partial charge < -0.3 is 0 Å². The fourth-order valence-electron chi connectivity index (χ4n) is 19.3. The molecule has 0 fully saturated rings. The van der Waals surface area contributed by atoms with Gasteiger partial charge in [-0.25, -0.2) is 9.97 Å². The lowest BCUT2D eigenvalue weighted by Crippen LogP contribution is -2.53. The van der Waals surface area contributed by atoms with Gasteiger partial charge in [0.2, 0.25) is 13.4 Å². The van der Waals surface area contributed by atoms with Crippen LogP contribution in [0, 0.1) is 0 Å². The molecule has 0 atom stereocenters. The molecule has 0 aliphatic carbocycles. The Kier molecular flexibility index (Phi) is 23.0. The van der Waals surface area contributed by atoms with Crippen LogP contribution in [0.3, 0.4) is 0 Å². The third-order valence-electron chi connectivity index (χ3n) is 26.7. The number of hydrogen-bond donors (Lipinski definition) is 0. The van der Waals surface area contributed by atoms with Gasteiger partial charge in [-0.05, 0) is 127 Å². The topological polar surface area (TPSA) is 38.7 Å². The Morgan fingerprint density at radius 3 is 0.736 bits per heavy atom. The van der Waals surface area contributed by atoms with Gasteiger partial charge in [-0.3, -0.25) is 4.98 Å². The zero-order valence-electron chi connectivity index (χ0n) is 78.4. The van der Waals surface area contributed by atoms with Gasteiger partial charge in [0.25, 0.3) is 6.71 Å². The molecule has 0 bridgehead atoms. The van der Waals surface area contributed by atoms with Gasteiger partial charge in [0.15, 0.2) is 0 Å². The minimum absolute atomic E-state index is 0.0151. The number of para-hydroxylation sites is 3. The van der Waals surface area contributed by atoms with Crippen molar-refractivity contribution in [2.75, 3.05) is 0 Å². The second kappa shape index (κ2) is 34.4. The number of fused-ring (bicyclic) bond motifs is 15. The van der Waals surface area contributed by atoms with Crippen LogP contribution in [0.2, 0.25) is 0 Å². The molecule has 0 saturated carbocycles. The Morgan fingerprint density at radius 2 is 0.419 bits per heavy atom. The lowest BCUT2D eigenvalue weighted by Gasteiger charge is -2.23. The third-order valence-corrected chi connectivity index (χ3v) is 26.7. The van der Waals surface area contributed by atoms with E-state index in [1.165, 1.54) is 158 Å². The molecule has 0 radical (unpaired) electrons. The van der Waals surface area contributed by atoms with E-state index in [4.69, 9.17) is 15.0 Å². The van der Waals surface area contributed by atoms with Gasteiger partial charge in [0.1, 0.15) is 0 Å². The zero-order chi connectivity index (χ0) is 90.1. The van der Waals surface area contributed by atoms with Crippen LogP contribution < -0.4 is 49.3 Å². The Balaban J connectivity index is 0.000000131. The van der Waals surface area contributed by atoms with Crippen LogP contribution in [0.5, 0.6) is 0 Å². The van der Waals surface area contributed by atoms with Crippen molar-refractivity contribution in [3.05, 3.63) is 409 Å². The summed E-state index contributed by atoms with van der Waals surface area (Å²) in [7, 11) is 0. The van der Waals surface area contributed by atoms with E-state index in [0.29, 0.717) is 0 Å². The Bertz CT molecular complexity index is 7320. The van der Waals surface area contributed by atoms with Gasteiger partial charge in [0, 0.05) is 54.4 Å². The van der Waals surface area contributed by atoms with Gasteiger partial charge in [-0.15, -0.1) is 0 Å². The lowest BCUT2D eigenvalue weighted by atomic mass is 9.36. The van der Waals surface area contributed by atoms with Gasteiger partial charge in [-0.2, -0.15) is 0 Å². The first kappa shape index (κ1) is 86.5. The molecule has 0 aliphatic rings. The molecule has 0 unspecified atom stereocenters. The first-order chi connectivity index (χ1) is 61.8. The standard InChI is InChI=1S/2C43H40BN.C37H36BN/c1-42(2,3)31-19-23-33(24-20-31)44(34-25-21-32(22-26-34)43(4,5)6)35-14-11-13-30(28-35)41-38-27-18-29-12-7-8-15-36(29)40(38)37-16-9-10-17-39(37)45-41;1-42(2,3)31-18-24-34(25-19-31)44(35-26-20-32(21-27-35)43(4,5)6)33-22-15-30(16-23-33)41-38-28-17-29-11-7-8-12-36(29)40(38)37-13-9-10-14-39(37)45-41;1-36(2,3)26-16-20-28(21-17-26)38(29-22-18-27(19-23-29)37(4,5)6)35-32-24-15-25-11-7-8-12-30(25)34(32)31-13-9-10-14-33(31)39-35/h2*7-28H,1-6H3;7-24H,1-6H3. The number of rotatable bonds is 11. The van der Waals surface area contributed by atoms with E-state index in [9.17, 15) is 0 Å². The zero-order valence-corrected chi connectivity index (χ0v) is 78.4. The summed E-state index contributed by atoms with van der Waals surface area (Å²) in [5.74, 6) is 0. The summed E-state index contributed by atoms with van der Waals surface area (Å²) in [4.78, 5) is 15.9. The average molecular weight is 1670 g/mol. The van der Waals surface area contributed by atoms with E-state index in [-0.39, 0.29) is 52.6 Å². The predicted molar refractivity (Wildman–Crippen MR) is 566 cm³/mol. The molecule has 632 valence electrons. The van der Waals surface area contributed by atoms with Crippen molar-refractivity contribution < 1.29 is 0 Å². The van der Waals surface area contributed by atoms with Crippen LogP contribution >= 0.6 is 0 Å². The lowest BCUT2D eigenvalue weighted by molar-refractivity contribution is 0.590. The molecule has 0 saturated heterocycles. The molecule has 3 heterocycles. The molecule has 0 N–H and O–H groups in total. The monoisotopic (exact) mass is 1670 g/mol. The van der Waals surface area contributed by atoms with E-state index in [2.05, 4.69) is 501 Å². The van der Waals surface area contributed by atoms with Crippen molar-refractivity contribution in [2.45, 2.75) is 157 Å². The highest BCUT2D eigenvalue weighted by Gasteiger charge is 2.32. The van der Waals surface area contributed by atoms with Crippen LogP contribution in [-0.4, -0.2) is 35.1 Å². The molecule has 0 amide bonds. The van der Waals surface area contributed by atoms with E-state index in [1.807, 2.05) is 0 Å². The summed E-state index contributed by atoms with van der Waals surface area (Å²) in [6, 6.07) is 139. The maximum absolute atomic E-state index is 5.41. The fraction of sp³-hybridized carbons (Fsp3) is 0.195. The minimum Gasteiger partial charge on any atom is -0.261 e. The van der Waals surface area contributed by atoms with Crippen LogP contribution in [0.15, 0.2) is 376 Å². The summed E-state index contributed by atoms with van der Waals surface area (Å²) in [5.41, 5.74) is 27.6. The first-order valence-corrected chi connectivity index (χ1v) is 46.2. The van der Waals surface area contributed by atoms with Gasteiger partial charge >= 0.3 is 0 Å². The molecule has 3 aromatic heterocycles. The van der Waals surface area contributed by atoms with Gasteiger partial charge in [0.05, 0.1) is 27.9 Å². The molecular weight excluding hydrogens is 1550 g/mol. The number of benzene rings is 17. The van der Waals surface area contributed by atoms with Crippen molar-refractivity contribution in [3.8, 4) is 22.5 Å². The molecule has 17 aromatic carbocycles. The molecule has 6 heteroatoms. The summed E-state index contributed by atoms with van der Waals surface area (Å²) < 4.78 is 0. The summed E-state index contributed by atoms with van der Waals surface area (Å²) in [6.45, 7) is 41.2. The van der Waals surface area contributed by atoms with Crippen molar-refractivity contribution >= 4 is 167 Å². The molecule has 129 heavy (non-hydrogen) atoms. The highest BCUT2D eigenvalue weighted by Crippen LogP contribution is 2.41. The molecule has 0 aliphatic heterocycles. The second-order valence-corrected chi connectivity index (χ2v) is 41.9. The van der Waals surface area contributed by atoms with Crippen molar-refractivity contribution in [1.29, 1.82) is 0 Å². The normalized spacial score (nSPS) is 12.3. The molecular formula is C123H116B3N3. The SMILES string of the molecule is CC(C)(C)c1ccc(B(c2ccc(-c3nc4ccccc4c4c3ccc3ccccc34)cc2)c2ccc(C(C)(C)C)cc2)cc1.CC(C)(C)c1ccc(B(c2ccc(C(C)(C)C)cc2)c2cccc(-c3nc4ccccc4c4c3ccc3ccccc34)c2)cc1.CC(C)(C)c1ccc(B(c2ccc(C(C)(C)C)cc2)c2nc3ccccc3c3c2ccc2ccccc23)cc1. The van der Waals surface area contributed by atoms with E-state index >= 15 is 0 Å². The highest BCUT2D eigenvalue weighted by atomic mass is 14.7. The van der Waals surface area contributed by atoms with Crippen LogP contribution in [0.25, 0.3) is 120 Å². The fourth-order valence-corrected chi connectivity index (χ4v) is 19.3. The Hall–Kier alpha value is -13.3. The minimum atomic E-state index is 0.0151. The Morgan fingerprint density at radius 1 is 0.171 bits per heavy atom. The van der Waals surface area contributed by atoms with Crippen molar-refractivity contribution in [2.24, 2.45) is 0 Å². The molecule has 20 aromatic rings. The molecule has 0 spiro atoms. The Labute approximate surface area is 765 Å². The van der Waals surface area contributed by atoms with Crippen LogP contribution in [-0.2, 0) is 32.5 Å². The number of hydrogen-bond acceptors (Lipinski definition) is 3. The number of nitrogens with zero attached hydrogens (tertiary/aromatic N) is 3. The van der Waals surface area contributed by atoms with E-state index < -0.39 is 0 Å². The summed E-state index contributed by atoms with van der Waals surface area (Å²) >= 11 is 0. The van der Waals surface area contributed by atoms with Crippen molar-refractivity contribution in [1.82, 2.24) is 15.0 Å². The number of pyridine rings is 3. The van der Waals surface area contributed by atoms with E-state index in [0.717, 1.165) is 44.7 Å². The average Bonchev–Trinajstić information content (AvgIpc) is 0.814. The second-order valence-electron chi connectivity index (χ2n) is 41.9. The van der Waals surface area contributed by atoms with Gasteiger partial charge in [-0.1, -0.05) is 526 Å².